The molecule has 0 aromatic heterocycles. The normalized spacial score (nSPS) is 19.9. The van der Waals surface area contributed by atoms with Gasteiger partial charge >= 0.3 is 0 Å². The monoisotopic (exact) mass is 376 g/mol. The number of nitrogens with zero attached hydrogens (tertiary/aromatic N) is 1. The van der Waals surface area contributed by atoms with Gasteiger partial charge in [0, 0.05) is 18.7 Å². The summed E-state index contributed by atoms with van der Waals surface area (Å²) in [5, 5.41) is 0. The van der Waals surface area contributed by atoms with Crippen LogP contribution in [0.4, 0.5) is 0 Å². The number of carbonyl (C=O) groups excluding carboxylic acids is 1. The van der Waals surface area contributed by atoms with Crippen LogP contribution in [0.15, 0.2) is 23.1 Å². The Morgan fingerprint density at radius 3 is 2.54 bits per heavy atom. The molecule has 24 heavy (non-hydrogen) atoms. The SMILES string of the molecule is CNS(=O)(=O)c1cc(C(=O)N(C)[C@@H]2CCS(=O)(=O)C2)ccc1OC. The third kappa shape index (κ3) is 3.70. The molecule has 134 valence electrons. The van der Waals surface area contributed by atoms with Crippen LogP contribution >= 0.6 is 0 Å². The standard InChI is InChI=1S/C14H20N2O6S2/c1-15-24(20,21)13-8-10(4-5-12(13)22-3)14(17)16(2)11-6-7-23(18,19)9-11/h4-5,8,11,15H,6-7,9H2,1-3H3/t11-/m1/s1. The lowest BCUT2D eigenvalue weighted by atomic mass is 10.1. The number of hydrogen-bond acceptors (Lipinski definition) is 6. The number of carbonyl (C=O) groups is 1. The van der Waals surface area contributed by atoms with Crippen LogP contribution in [0.5, 0.6) is 5.75 Å². The second-order valence-electron chi connectivity index (χ2n) is 5.55. The zero-order chi connectivity index (χ0) is 18.1. The molecule has 10 heteroatoms. The molecule has 1 aromatic rings. The van der Waals surface area contributed by atoms with E-state index in [0.717, 1.165) is 0 Å². The van der Waals surface area contributed by atoms with Crippen LogP contribution in [0.2, 0.25) is 0 Å². The number of methoxy groups -OCH3 is 1. The highest BCUT2D eigenvalue weighted by atomic mass is 32.2. The quantitative estimate of drug-likeness (QED) is 0.766. The van der Waals surface area contributed by atoms with E-state index in [0.29, 0.717) is 6.42 Å². The maximum absolute atomic E-state index is 12.6. The van der Waals surface area contributed by atoms with Crippen LogP contribution in [-0.4, -0.2) is 66.4 Å². The van der Waals surface area contributed by atoms with Gasteiger partial charge in [0.05, 0.1) is 18.6 Å². The van der Waals surface area contributed by atoms with E-state index in [4.69, 9.17) is 4.74 Å². The minimum Gasteiger partial charge on any atom is -0.495 e. The number of amides is 1. The summed E-state index contributed by atoms with van der Waals surface area (Å²) in [4.78, 5) is 13.8. The molecule has 0 spiro atoms. The topological polar surface area (TPSA) is 110 Å². The van der Waals surface area contributed by atoms with E-state index in [9.17, 15) is 21.6 Å². The molecule has 1 saturated heterocycles. The van der Waals surface area contributed by atoms with Crippen molar-refractivity contribution in [3.63, 3.8) is 0 Å². The summed E-state index contributed by atoms with van der Waals surface area (Å²) in [6.45, 7) is 0. The first kappa shape index (κ1) is 18.7. The van der Waals surface area contributed by atoms with Gasteiger partial charge in [0.1, 0.15) is 10.6 Å². The van der Waals surface area contributed by atoms with Crippen molar-refractivity contribution in [2.75, 3.05) is 32.7 Å². The molecule has 1 atom stereocenters. The Bertz CT molecular complexity index is 848. The smallest absolute Gasteiger partial charge is 0.253 e. The third-order valence-electron chi connectivity index (χ3n) is 4.05. The third-order valence-corrected chi connectivity index (χ3v) is 7.23. The molecule has 1 heterocycles. The molecule has 0 radical (unpaired) electrons. The minimum absolute atomic E-state index is 0.0529. The van der Waals surface area contributed by atoms with Gasteiger partial charge in [-0.1, -0.05) is 0 Å². The van der Waals surface area contributed by atoms with E-state index in [1.54, 1.807) is 0 Å². The van der Waals surface area contributed by atoms with Crippen LogP contribution in [0, 0.1) is 0 Å². The van der Waals surface area contributed by atoms with Crippen molar-refractivity contribution >= 4 is 25.8 Å². The summed E-state index contributed by atoms with van der Waals surface area (Å²) in [7, 11) is -2.81. The van der Waals surface area contributed by atoms with Crippen molar-refractivity contribution in [3.8, 4) is 5.75 Å². The van der Waals surface area contributed by atoms with Gasteiger partial charge in [-0.05, 0) is 31.7 Å². The molecule has 1 amide bonds. The molecule has 0 saturated carbocycles. The van der Waals surface area contributed by atoms with E-state index < -0.39 is 31.8 Å². The largest absolute Gasteiger partial charge is 0.495 e. The van der Waals surface area contributed by atoms with Crippen molar-refractivity contribution in [1.82, 2.24) is 9.62 Å². The van der Waals surface area contributed by atoms with E-state index in [2.05, 4.69) is 4.72 Å². The fourth-order valence-electron chi connectivity index (χ4n) is 2.58. The Morgan fingerprint density at radius 2 is 2.04 bits per heavy atom. The molecule has 0 aliphatic carbocycles. The van der Waals surface area contributed by atoms with E-state index >= 15 is 0 Å². The number of ether oxygens (including phenoxy) is 1. The second kappa shape index (κ2) is 6.69. The van der Waals surface area contributed by atoms with Crippen LogP contribution in [0.3, 0.4) is 0 Å². The fraction of sp³-hybridized carbons (Fsp3) is 0.500. The molecule has 8 nitrogen and oxygen atoms in total. The summed E-state index contributed by atoms with van der Waals surface area (Å²) < 4.78 is 54.5. The summed E-state index contributed by atoms with van der Waals surface area (Å²) >= 11 is 0. The number of hydrogen-bond donors (Lipinski definition) is 1. The fourth-order valence-corrected chi connectivity index (χ4v) is 5.27. The first-order valence-corrected chi connectivity index (χ1v) is 10.5. The van der Waals surface area contributed by atoms with E-state index in [1.807, 2.05) is 0 Å². The molecular formula is C14H20N2O6S2. The highest BCUT2D eigenvalue weighted by Crippen LogP contribution is 2.26. The molecule has 1 aromatic carbocycles. The van der Waals surface area contributed by atoms with Gasteiger partial charge in [-0.3, -0.25) is 4.79 Å². The van der Waals surface area contributed by atoms with Gasteiger partial charge in [0.25, 0.3) is 5.91 Å². The second-order valence-corrected chi connectivity index (χ2v) is 9.63. The zero-order valence-corrected chi connectivity index (χ0v) is 15.3. The Kier molecular flexibility index (Phi) is 5.21. The van der Waals surface area contributed by atoms with Crippen molar-refractivity contribution < 1.29 is 26.4 Å². The average molecular weight is 376 g/mol. The van der Waals surface area contributed by atoms with Gasteiger partial charge in [0.15, 0.2) is 9.84 Å². The predicted octanol–water partition coefficient (Wildman–Crippen LogP) is -0.138. The molecule has 1 aliphatic heterocycles. The summed E-state index contributed by atoms with van der Waals surface area (Å²) in [5.41, 5.74) is 0.149. The maximum Gasteiger partial charge on any atom is 0.253 e. The number of sulfonamides is 1. The van der Waals surface area contributed by atoms with Gasteiger partial charge in [0.2, 0.25) is 10.0 Å². The number of rotatable bonds is 5. The lowest BCUT2D eigenvalue weighted by molar-refractivity contribution is 0.0747. The number of nitrogens with one attached hydrogen (secondary N) is 1. The highest BCUT2D eigenvalue weighted by molar-refractivity contribution is 7.91. The lowest BCUT2D eigenvalue weighted by Gasteiger charge is -2.23. The van der Waals surface area contributed by atoms with Crippen molar-refractivity contribution in [2.24, 2.45) is 0 Å². The molecule has 1 fully saturated rings. The van der Waals surface area contributed by atoms with Crippen LogP contribution in [-0.2, 0) is 19.9 Å². The summed E-state index contributed by atoms with van der Waals surface area (Å²) in [6.07, 6.45) is 0.377. The van der Waals surface area contributed by atoms with Gasteiger partial charge in [-0.2, -0.15) is 0 Å². The summed E-state index contributed by atoms with van der Waals surface area (Å²) in [5.74, 6) is -0.344. The molecular weight excluding hydrogens is 356 g/mol. The number of sulfone groups is 1. The van der Waals surface area contributed by atoms with Gasteiger partial charge < -0.3 is 9.64 Å². The van der Waals surface area contributed by atoms with Crippen LogP contribution in [0.25, 0.3) is 0 Å². The average Bonchev–Trinajstić information content (AvgIpc) is 2.92. The maximum atomic E-state index is 12.6. The molecule has 1 N–H and O–H groups in total. The predicted molar refractivity (Wildman–Crippen MR) is 88.4 cm³/mol. The van der Waals surface area contributed by atoms with Crippen LogP contribution < -0.4 is 9.46 Å². The minimum atomic E-state index is -3.80. The molecule has 0 unspecified atom stereocenters. The Balaban J connectivity index is 2.35. The van der Waals surface area contributed by atoms with E-state index in [1.165, 1.54) is 44.3 Å². The summed E-state index contributed by atoms with van der Waals surface area (Å²) in [6, 6.07) is 3.67. The zero-order valence-electron chi connectivity index (χ0n) is 13.6. The number of benzene rings is 1. The Hall–Kier alpha value is -1.65. The van der Waals surface area contributed by atoms with Crippen molar-refractivity contribution in [3.05, 3.63) is 23.8 Å². The molecule has 2 rings (SSSR count). The Morgan fingerprint density at radius 1 is 1.38 bits per heavy atom. The molecule has 0 bridgehead atoms. The van der Waals surface area contributed by atoms with Crippen LogP contribution in [0.1, 0.15) is 16.8 Å². The lowest BCUT2D eigenvalue weighted by Crippen LogP contribution is -2.38. The first-order chi connectivity index (χ1) is 11.1. The molecule has 1 aliphatic rings. The van der Waals surface area contributed by atoms with Gasteiger partial charge in [-0.15, -0.1) is 0 Å². The van der Waals surface area contributed by atoms with Crippen molar-refractivity contribution in [1.29, 1.82) is 0 Å². The highest BCUT2D eigenvalue weighted by Gasteiger charge is 2.33. The Labute approximate surface area is 141 Å². The van der Waals surface area contributed by atoms with Gasteiger partial charge in [-0.25, -0.2) is 21.6 Å². The van der Waals surface area contributed by atoms with Crippen molar-refractivity contribution in [2.45, 2.75) is 17.4 Å². The van der Waals surface area contributed by atoms with E-state index in [-0.39, 0.29) is 27.7 Å². The first-order valence-electron chi connectivity index (χ1n) is 7.20.